The van der Waals surface area contributed by atoms with Gasteiger partial charge in [-0.15, -0.1) is 0 Å². The first-order valence-corrected chi connectivity index (χ1v) is 8.88. The van der Waals surface area contributed by atoms with Gasteiger partial charge < -0.3 is 19.5 Å². The van der Waals surface area contributed by atoms with E-state index in [-0.39, 0.29) is 24.7 Å². The molecule has 0 spiro atoms. The number of aliphatic imine (C=N–C) groups is 1. The summed E-state index contributed by atoms with van der Waals surface area (Å²) < 4.78 is 15.9. The number of ether oxygens (including phenoxy) is 3. The quantitative estimate of drug-likeness (QED) is 0.309. The Hall–Kier alpha value is -2.31. The molecule has 1 saturated carbocycles. The van der Waals surface area contributed by atoms with E-state index in [2.05, 4.69) is 10.3 Å². The number of allylic oxidation sites excluding steroid dienone is 3. The molecule has 1 rings (SSSR count). The van der Waals surface area contributed by atoms with Gasteiger partial charge in [-0.1, -0.05) is 6.08 Å². The molecule has 26 heavy (non-hydrogen) atoms. The predicted octanol–water partition coefficient (Wildman–Crippen LogP) is 3.15. The predicted molar refractivity (Wildman–Crippen MR) is 100 cm³/mol. The van der Waals surface area contributed by atoms with Gasteiger partial charge in [0, 0.05) is 25.1 Å². The van der Waals surface area contributed by atoms with Crippen LogP contribution in [0.4, 0.5) is 4.79 Å². The van der Waals surface area contributed by atoms with E-state index in [1.165, 1.54) is 6.21 Å². The lowest BCUT2D eigenvalue weighted by molar-refractivity contribution is -0.141. The summed E-state index contributed by atoms with van der Waals surface area (Å²) in [5.41, 5.74) is -0.506. The van der Waals surface area contributed by atoms with Crippen molar-refractivity contribution in [2.75, 3.05) is 13.2 Å². The molecule has 0 aromatic heterocycles. The van der Waals surface area contributed by atoms with Gasteiger partial charge in [-0.25, -0.2) is 4.79 Å². The summed E-state index contributed by atoms with van der Waals surface area (Å²) in [7, 11) is 0. The van der Waals surface area contributed by atoms with E-state index in [0.29, 0.717) is 25.2 Å². The average molecular weight is 366 g/mol. The maximum Gasteiger partial charge on any atom is 0.407 e. The highest BCUT2D eigenvalue weighted by Gasteiger charge is 2.33. The van der Waals surface area contributed by atoms with Crippen molar-refractivity contribution in [3.8, 4) is 0 Å². The van der Waals surface area contributed by atoms with Crippen molar-refractivity contribution in [2.24, 2.45) is 4.99 Å². The Balaban J connectivity index is 2.38. The first-order valence-electron chi connectivity index (χ1n) is 8.88. The van der Waals surface area contributed by atoms with E-state index in [9.17, 15) is 9.59 Å². The Bertz CT molecular complexity index is 555. The zero-order valence-electron chi connectivity index (χ0n) is 16.3. The highest BCUT2D eigenvalue weighted by Crippen LogP contribution is 2.26. The molecule has 146 valence electrons. The molecule has 0 aromatic rings. The number of alkyl carbamates (subject to hydrolysis) is 1. The van der Waals surface area contributed by atoms with E-state index < -0.39 is 11.7 Å². The third-order valence-electron chi connectivity index (χ3n) is 3.32. The summed E-state index contributed by atoms with van der Waals surface area (Å²) in [5, 5.41) is 2.83. The summed E-state index contributed by atoms with van der Waals surface area (Å²) in [4.78, 5) is 26.9. The number of carbonyl (C=O) groups excluding carboxylic acids is 2. The van der Waals surface area contributed by atoms with Crippen molar-refractivity contribution in [3.63, 3.8) is 0 Å². The minimum atomic E-state index is -0.506. The molecule has 0 unspecified atom stereocenters. The molecule has 0 heterocycles. The second-order valence-corrected chi connectivity index (χ2v) is 6.92. The molecule has 7 heteroatoms. The Kier molecular flexibility index (Phi) is 8.88. The normalized spacial score (nSPS) is 20.7. The second-order valence-electron chi connectivity index (χ2n) is 6.92. The highest BCUT2D eigenvalue weighted by molar-refractivity contribution is 5.78. The molecule has 1 amide bonds. The molecule has 0 atom stereocenters. The number of carbonyl (C=O) groups is 2. The molecule has 1 aliphatic carbocycles. The van der Waals surface area contributed by atoms with E-state index in [1.54, 1.807) is 13.0 Å². The van der Waals surface area contributed by atoms with Gasteiger partial charge >= 0.3 is 12.1 Å². The topological polar surface area (TPSA) is 86.2 Å². The van der Waals surface area contributed by atoms with Crippen molar-refractivity contribution in [1.29, 1.82) is 0 Å². The minimum Gasteiger partial charge on any atom is -0.490 e. The lowest BCUT2D eigenvalue weighted by Crippen LogP contribution is -2.49. The van der Waals surface area contributed by atoms with Gasteiger partial charge in [-0.3, -0.25) is 9.79 Å². The fourth-order valence-corrected chi connectivity index (χ4v) is 2.20. The van der Waals surface area contributed by atoms with E-state index >= 15 is 0 Å². The van der Waals surface area contributed by atoms with Crippen LogP contribution in [0.5, 0.6) is 0 Å². The minimum absolute atomic E-state index is 0.0151. The third-order valence-corrected chi connectivity index (χ3v) is 3.32. The van der Waals surface area contributed by atoms with Crippen molar-refractivity contribution < 1.29 is 23.8 Å². The van der Waals surface area contributed by atoms with Crippen LogP contribution < -0.4 is 5.32 Å². The number of hydrogen-bond acceptors (Lipinski definition) is 6. The summed E-state index contributed by atoms with van der Waals surface area (Å²) in [6, 6.07) is 0.0548. The van der Waals surface area contributed by atoms with Crippen LogP contribution in [0.1, 0.15) is 47.5 Å². The van der Waals surface area contributed by atoms with Gasteiger partial charge in [0.25, 0.3) is 0 Å². The fraction of sp³-hybridized carbons (Fsp3) is 0.632. The van der Waals surface area contributed by atoms with Crippen LogP contribution in [0.15, 0.2) is 29.0 Å². The molecular weight excluding hydrogens is 336 g/mol. The van der Waals surface area contributed by atoms with E-state index in [4.69, 9.17) is 14.2 Å². The van der Waals surface area contributed by atoms with Crippen molar-refractivity contribution in [2.45, 2.75) is 65.2 Å². The smallest absolute Gasteiger partial charge is 0.407 e. The van der Waals surface area contributed by atoms with Crippen LogP contribution in [0.3, 0.4) is 0 Å². The van der Waals surface area contributed by atoms with Crippen LogP contribution in [0.2, 0.25) is 0 Å². The van der Waals surface area contributed by atoms with Crippen LogP contribution >= 0.6 is 0 Å². The third kappa shape index (κ3) is 9.25. The SMILES string of the molecule is C/C=C\C(=C/C=NCC(=O)OCC)OC1CC(NC(=O)OC(C)(C)C)C1. The lowest BCUT2D eigenvalue weighted by atomic mass is 9.89. The van der Waals surface area contributed by atoms with Crippen LogP contribution in [0.25, 0.3) is 0 Å². The second kappa shape index (κ2) is 10.6. The molecule has 0 saturated heterocycles. The van der Waals surface area contributed by atoms with Crippen molar-refractivity contribution >= 4 is 18.3 Å². The number of hydrogen-bond donors (Lipinski definition) is 1. The summed E-state index contributed by atoms with van der Waals surface area (Å²) in [6.07, 6.45) is 7.97. The number of amides is 1. The lowest BCUT2D eigenvalue weighted by Gasteiger charge is -2.36. The Morgan fingerprint density at radius 1 is 1.27 bits per heavy atom. The average Bonchev–Trinajstić information content (AvgIpc) is 2.47. The van der Waals surface area contributed by atoms with Gasteiger partial charge in [0.2, 0.25) is 0 Å². The molecule has 0 bridgehead atoms. The Morgan fingerprint density at radius 2 is 1.96 bits per heavy atom. The molecule has 7 nitrogen and oxygen atoms in total. The molecular formula is C19H30N2O5. The summed E-state index contributed by atoms with van der Waals surface area (Å²) in [6.45, 7) is 9.46. The number of nitrogens with one attached hydrogen (secondary N) is 1. The fourth-order valence-electron chi connectivity index (χ4n) is 2.20. The van der Waals surface area contributed by atoms with Gasteiger partial charge in [-0.05, 0) is 46.8 Å². The number of nitrogens with zero attached hydrogens (tertiary/aromatic N) is 1. The van der Waals surface area contributed by atoms with Crippen molar-refractivity contribution in [1.82, 2.24) is 5.32 Å². The van der Waals surface area contributed by atoms with Crippen LogP contribution in [-0.4, -0.2) is 49.2 Å². The molecule has 1 fully saturated rings. The van der Waals surface area contributed by atoms with Gasteiger partial charge in [0.15, 0.2) is 0 Å². The molecule has 0 radical (unpaired) electrons. The zero-order valence-corrected chi connectivity index (χ0v) is 16.3. The maximum atomic E-state index is 11.7. The number of esters is 1. The van der Waals surface area contributed by atoms with E-state index in [0.717, 1.165) is 0 Å². The maximum absolute atomic E-state index is 11.7. The number of rotatable bonds is 8. The van der Waals surface area contributed by atoms with Crippen molar-refractivity contribution in [3.05, 3.63) is 24.0 Å². The monoisotopic (exact) mass is 366 g/mol. The zero-order chi connectivity index (χ0) is 19.6. The first kappa shape index (κ1) is 21.7. The van der Waals surface area contributed by atoms with Gasteiger partial charge in [0.05, 0.1) is 6.61 Å². The first-order chi connectivity index (χ1) is 12.2. The van der Waals surface area contributed by atoms with Crippen LogP contribution in [0, 0.1) is 0 Å². The summed E-state index contributed by atoms with van der Waals surface area (Å²) in [5.74, 6) is 0.293. The standard InChI is InChI=1S/C19H30N2O5/c1-6-8-15(9-10-20-13-17(22)24-7-2)25-16-11-14(12-16)21-18(23)26-19(3,4)5/h6,8-10,14,16H,7,11-13H2,1-5H3,(H,21,23)/b8-6-,15-9+,20-10?. The Morgan fingerprint density at radius 3 is 2.54 bits per heavy atom. The summed E-state index contributed by atoms with van der Waals surface area (Å²) >= 11 is 0. The highest BCUT2D eigenvalue weighted by atomic mass is 16.6. The van der Waals surface area contributed by atoms with Gasteiger partial charge in [-0.2, -0.15) is 0 Å². The van der Waals surface area contributed by atoms with E-state index in [1.807, 2.05) is 39.8 Å². The Labute approximate surface area is 155 Å². The largest absolute Gasteiger partial charge is 0.490 e. The molecule has 1 N–H and O–H groups in total. The molecule has 0 aliphatic heterocycles. The van der Waals surface area contributed by atoms with Crippen LogP contribution in [-0.2, 0) is 19.0 Å². The van der Waals surface area contributed by atoms with Gasteiger partial charge in [0.1, 0.15) is 24.0 Å². The molecule has 1 aliphatic rings. The molecule has 0 aromatic carbocycles.